The number of non-ortho nitro benzene ring substituents is 1. The fourth-order valence-electron chi connectivity index (χ4n) is 1.26. The van der Waals surface area contributed by atoms with Crippen molar-refractivity contribution in [3.8, 4) is 0 Å². The summed E-state index contributed by atoms with van der Waals surface area (Å²) in [7, 11) is 0. The van der Waals surface area contributed by atoms with Crippen LogP contribution < -0.4 is 5.32 Å². The van der Waals surface area contributed by atoms with Crippen LogP contribution >= 0.6 is 0 Å². The average Bonchev–Trinajstić information content (AvgIpc) is 2.82. The van der Waals surface area contributed by atoms with Gasteiger partial charge in [-0.15, -0.1) is 0 Å². The minimum atomic E-state index is -0.521. The number of carbonyl (C=O) groups is 1. The van der Waals surface area contributed by atoms with E-state index in [1.54, 1.807) is 6.07 Å². The topological polar surface area (TPSA) is 90.1 Å². The summed E-state index contributed by atoms with van der Waals surface area (Å²) in [5.74, 6) is 0. The van der Waals surface area contributed by atoms with Crippen LogP contribution in [0.15, 0.2) is 43.0 Å². The first-order chi connectivity index (χ1) is 8.16. The molecule has 1 heterocycles. The summed E-state index contributed by atoms with van der Waals surface area (Å²) in [4.78, 5) is 25.3. The van der Waals surface area contributed by atoms with Gasteiger partial charge in [0, 0.05) is 30.2 Å². The first-order valence-corrected chi connectivity index (χ1v) is 4.70. The molecule has 1 N–H and O–H groups in total. The fourth-order valence-corrected chi connectivity index (χ4v) is 1.26. The molecule has 7 heteroatoms. The molecule has 1 aromatic carbocycles. The van der Waals surface area contributed by atoms with Crippen molar-refractivity contribution < 1.29 is 9.72 Å². The van der Waals surface area contributed by atoms with Crippen LogP contribution in [0.4, 0.5) is 16.2 Å². The van der Waals surface area contributed by atoms with Gasteiger partial charge in [-0.3, -0.25) is 14.7 Å². The molecule has 0 aliphatic rings. The van der Waals surface area contributed by atoms with Gasteiger partial charge in [-0.1, -0.05) is 6.07 Å². The second-order valence-corrected chi connectivity index (χ2v) is 3.21. The molecule has 0 aliphatic heterocycles. The van der Waals surface area contributed by atoms with Crippen LogP contribution in [0, 0.1) is 10.1 Å². The van der Waals surface area contributed by atoms with Crippen molar-refractivity contribution in [3.63, 3.8) is 0 Å². The number of nitrogens with zero attached hydrogens (tertiary/aromatic N) is 3. The van der Waals surface area contributed by atoms with Crippen LogP contribution in [-0.2, 0) is 0 Å². The van der Waals surface area contributed by atoms with E-state index >= 15 is 0 Å². The molecule has 0 radical (unpaired) electrons. The second-order valence-electron chi connectivity index (χ2n) is 3.21. The predicted molar refractivity (Wildman–Crippen MR) is 59.7 cm³/mol. The molecule has 86 valence electrons. The molecule has 0 aliphatic carbocycles. The molecule has 1 aromatic heterocycles. The maximum atomic E-state index is 11.6. The van der Waals surface area contributed by atoms with Crippen LogP contribution in [0.25, 0.3) is 0 Å². The van der Waals surface area contributed by atoms with E-state index in [9.17, 15) is 14.9 Å². The van der Waals surface area contributed by atoms with Gasteiger partial charge in [-0.25, -0.2) is 9.78 Å². The Balaban J connectivity index is 2.16. The Morgan fingerprint density at radius 2 is 2.29 bits per heavy atom. The molecule has 0 bridgehead atoms. The molecule has 17 heavy (non-hydrogen) atoms. The van der Waals surface area contributed by atoms with Crippen molar-refractivity contribution in [2.75, 3.05) is 5.32 Å². The van der Waals surface area contributed by atoms with Gasteiger partial charge in [0.15, 0.2) is 0 Å². The number of nitrogens with one attached hydrogen (secondary N) is 1. The van der Waals surface area contributed by atoms with Crippen molar-refractivity contribution in [1.82, 2.24) is 9.55 Å². The second kappa shape index (κ2) is 4.44. The Kier molecular flexibility index (Phi) is 2.82. The molecular weight excluding hydrogens is 224 g/mol. The third-order valence-electron chi connectivity index (χ3n) is 2.05. The van der Waals surface area contributed by atoms with E-state index in [1.807, 2.05) is 0 Å². The van der Waals surface area contributed by atoms with Crippen LogP contribution in [0.5, 0.6) is 0 Å². The van der Waals surface area contributed by atoms with E-state index in [0.29, 0.717) is 5.69 Å². The molecule has 2 rings (SSSR count). The maximum absolute atomic E-state index is 11.6. The predicted octanol–water partition coefficient (Wildman–Crippen LogP) is 1.87. The summed E-state index contributed by atoms with van der Waals surface area (Å²) in [6.45, 7) is 0. The number of nitro benzene ring substituents is 1. The Morgan fingerprint density at radius 1 is 1.47 bits per heavy atom. The van der Waals surface area contributed by atoms with E-state index < -0.39 is 11.0 Å². The quantitative estimate of drug-likeness (QED) is 0.632. The molecule has 0 atom stereocenters. The van der Waals surface area contributed by atoms with Crippen molar-refractivity contribution in [2.24, 2.45) is 0 Å². The number of hydrogen-bond donors (Lipinski definition) is 1. The van der Waals surface area contributed by atoms with Crippen LogP contribution in [-0.4, -0.2) is 20.5 Å². The summed E-state index contributed by atoms with van der Waals surface area (Å²) >= 11 is 0. The number of nitro groups is 1. The van der Waals surface area contributed by atoms with Crippen molar-refractivity contribution >= 4 is 17.4 Å². The Hall–Kier alpha value is -2.70. The normalized spacial score (nSPS) is 9.88. The molecular formula is C10H8N4O3. The van der Waals surface area contributed by atoms with E-state index in [2.05, 4.69) is 10.3 Å². The number of benzene rings is 1. The van der Waals surface area contributed by atoms with Gasteiger partial charge in [0.2, 0.25) is 0 Å². The molecule has 1 amide bonds. The maximum Gasteiger partial charge on any atom is 0.331 e. The first kappa shape index (κ1) is 10.8. The first-order valence-electron chi connectivity index (χ1n) is 4.70. The van der Waals surface area contributed by atoms with Crippen LogP contribution in [0.1, 0.15) is 0 Å². The van der Waals surface area contributed by atoms with E-state index in [1.165, 1.54) is 41.5 Å². The van der Waals surface area contributed by atoms with Crippen molar-refractivity contribution in [3.05, 3.63) is 53.1 Å². The zero-order valence-electron chi connectivity index (χ0n) is 8.61. The Bertz CT molecular complexity index is 550. The SMILES string of the molecule is O=C(Nc1cccc([N+](=O)[O-])c1)n1ccnc1. The van der Waals surface area contributed by atoms with E-state index in [0.717, 1.165) is 0 Å². The number of anilines is 1. The average molecular weight is 232 g/mol. The summed E-state index contributed by atoms with van der Waals surface area (Å²) in [5.41, 5.74) is 0.284. The Labute approximate surface area is 95.9 Å². The van der Waals surface area contributed by atoms with Crippen LogP contribution in [0.3, 0.4) is 0 Å². The van der Waals surface area contributed by atoms with Crippen molar-refractivity contribution in [2.45, 2.75) is 0 Å². The van der Waals surface area contributed by atoms with Gasteiger partial charge >= 0.3 is 6.03 Å². The Morgan fingerprint density at radius 3 is 2.94 bits per heavy atom. The smallest absolute Gasteiger partial charge is 0.307 e. The zero-order chi connectivity index (χ0) is 12.3. The lowest BCUT2D eigenvalue weighted by Gasteiger charge is -2.04. The number of rotatable bonds is 2. The highest BCUT2D eigenvalue weighted by molar-refractivity contribution is 5.91. The zero-order valence-corrected chi connectivity index (χ0v) is 8.61. The monoisotopic (exact) mass is 232 g/mol. The summed E-state index contributed by atoms with van der Waals surface area (Å²) < 4.78 is 1.23. The van der Waals surface area contributed by atoms with Gasteiger partial charge in [0.25, 0.3) is 5.69 Å². The van der Waals surface area contributed by atoms with Gasteiger partial charge < -0.3 is 5.32 Å². The molecule has 7 nitrogen and oxygen atoms in total. The highest BCUT2D eigenvalue weighted by Crippen LogP contribution is 2.17. The molecule has 0 fully saturated rings. The highest BCUT2D eigenvalue weighted by Gasteiger charge is 2.08. The summed E-state index contributed by atoms with van der Waals surface area (Å²) in [6, 6.07) is 5.29. The number of aromatic nitrogens is 2. The molecule has 2 aromatic rings. The third kappa shape index (κ3) is 2.46. The lowest BCUT2D eigenvalue weighted by molar-refractivity contribution is -0.384. The van der Waals surface area contributed by atoms with Gasteiger partial charge in [0.1, 0.15) is 6.33 Å². The number of imidazole rings is 1. The minimum Gasteiger partial charge on any atom is -0.307 e. The largest absolute Gasteiger partial charge is 0.331 e. The van der Waals surface area contributed by atoms with E-state index in [-0.39, 0.29) is 5.69 Å². The van der Waals surface area contributed by atoms with Gasteiger partial charge in [-0.2, -0.15) is 0 Å². The number of hydrogen-bond acceptors (Lipinski definition) is 4. The van der Waals surface area contributed by atoms with Gasteiger partial charge in [-0.05, 0) is 6.07 Å². The standard InChI is InChI=1S/C10H8N4O3/c15-10(13-5-4-11-7-13)12-8-2-1-3-9(6-8)14(16)17/h1-7H,(H,12,15). The fraction of sp³-hybridized carbons (Fsp3) is 0. The summed E-state index contributed by atoms with van der Waals surface area (Å²) in [6.07, 6.45) is 4.28. The molecule has 0 spiro atoms. The molecule has 0 saturated heterocycles. The van der Waals surface area contributed by atoms with Gasteiger partial charge in [0.05, 0.1) is 4.92 Å². The third-order valence-corrected chi connectivity index (χ3v) is 2.05. The number of carbonyl (C=O) groups excluding carboxylic acids is 1. The lowest BCUT2D eigenvalue weighted by Crippen LogP contribution is -2.17. The number of amides is 1. The highest BCUT2D eigenvalue weighted by atomic mass is 16.6. The molecule has 0 unspecified atom stereocenters. The minimum absolute atomic E-state index is 0.0755. The van der Waals surface area contributed by atoms with E-state index in [4.69, 9.17) is 0 Å². The molecule has 0 saturated carbocycles. The van der Waals surface area contributed by atoms with Crippen LogP contribution in [0.2, 0.25) is 0 Å². The van der Waals surface area contributed by atoms with Crippen molar-refractivity contribution in [1.29, 1.82) is 0 Å². The lowest BCUT2D eigenvalue weighted by atomic mass is 10.3. The summed E-state index contributed by atoms with van der Waals surface area (Å²) in [5, 5.41) is 13.1.